The van der Waals surface area contributed by atoms with E-state index in [4.69, 9.17) is 11.6 Å². The summed E-state index contributed by atoms with van der Waals surface area (Å²) in [6.45, 7) is 8.51. The second-order valence-electron chi connectivity index (χ2n) is 6.79. The number of aryl methyl sites for hydroxylation is 1. The topological polar surface area (TPSA) is 0 Å². The van der Waals surface area contributed by atoms with E-state index in [9.17, 15) is 0 Å². The van der Waals surface area contributed by atoms with Crippen molar-refractivity contribution in [2.24, 2.45) is 5.92 Å². The third-order valence-electron chi connectivity index (χ3n) is 3.84. The molecule has 1 fully saturated rings. The summed E-state index contributed by atoms with van der Waals surface area (Å²) >= 11 is 9.22. The van der Waals surface area contributed by atoms with Crippen molar-refractivity contribution < 1.29 is 0 Å². The van der Waals surface area contributed by atoms with Gasteiger partial charge in [-0.15, -0.1) is 0 Å². The van der Waals surface area contributed by atoms with E-state index < -0.39 is 0 Å². The molecule has 1 aliphatic carbocycles. The number of halogens is 2. The van der Waals surface area contributed by atoms with Gasteiger partial charge >= 0.3 is 0 Å². The van der Waals surface area contributed by atoms with E-state index in [-0.39, 0.29) is 0 Å². The minimum atomic E-state index is 0.671. The molecule has 0 N–H and O–H groups in total. The van der Waals surface area contributed by atoms with Gasteiger partial charge in [0.15, 0.2) is 0 Å². The average molecular weight is 404 g/mol. The maximum absolute atomic E-state index is 6.07. The minimum Gasteiger partial charge on any atom is -0.0931 e. The van der Waals surface area contributed by atoms with Crippen LogP contribution in [-0.4, -0.2) is 5.33 Å². The third-order valence-corrected chi connectivity index (χ3v) is 4.19. The van der Waals surface area contributed by atoms with Gasteiger partial charge in [0, 0.05) is 10.4 Å². The molecule has 0 aromatic heterocycles. The monoisotopic (exact) mass is 402 g/mol. The van der Waals surface area contributed by atoms with E-state index in [1.807, 2.05) is 13.0 Å². The normalized spacial score (nSPS) is 14.7. The van der Waals surface area contributed by atoms with E-state index in [1.165, 1.54) is 62.5 Å². The van der Waals surface area contributed by atoms with E-state index >= 15 is 0 Å². The molecule has 1 aromatic carbocycles. The fourth-order valence-electron chi connectivity index (χ4n) is 2.67. The summed E-state index contributed by atoms with van der Waals surface area (Å²) in [5.41, 5.74) is 2.49. The van der Waals surface area contributed by atoms with Gasteiger partial charge in [-0.3, -0.25) is 0 Å². The molecule has 1 aromatic rings. The zero-order valence-corrected chi connectivity index (χ0v) is 18.0. The van der Waals surface area contributed by atoms with Crippen LogP contribution in [0.1, 0.15) is 83.3 Å². The lowest BCUT2D eigenvalue weighted by Crippen LogP contribution is -1.94. The zero-order valence-electron chi connectivity index (χ0n) is 15.6. The molecule has 0 bridgehead atoms. The SMILES string of the molecule is C1CCCCCCC1.CCBr.Cc1ccc(CC(C)C)c(Cl)c1. The van der Waals surface area contributed by atoms with Crippen LogP contribution in [0.4, 0.5) is 0 Å². The number of hydrogen-bond acceptors (Lipinski definition) is 0. The Hall–Kier alpha value is -0.0100. The van der Waals surface area contributed by atoms with Crippen molar-refractivity contribution >= 4 is 27.5 Å². The van der Waals surface area contributed by atoms with Gasteiger partial charge in [-0.1, -0.05) is 112 Å². The first kappa shape index (κ1) is 23.0. The van der Waals surface area contributed by atoms with Gasteiger partial charge in [0.25, 0.3) is 0 Å². The van der Waals surface area contributed by atoms with Crippen molar-refractivity contribution in [3.63, 3.8) is 0 Å². The molecule has 134 valence electrons. The second-order valence-corrected chi connectivity index (χ2v) is 8.32. The van der Waals surface area contributed by atoms with Crippen LogP contribution in [0.5, 0.6) is 0 Å². The van der Waals surface area contributed by atoms with Crippen molar-refractivity contribution in [1.82, 2.24) is 0 Å². The third kappa shape index (κ3) is 14.1. The molecule has 0 saturated heterocycles. The minimum absolute atomic E-state index is 0.671. The highest BCUT2D eigenvalue weighted by atomic mass is 79.9. The van der Waals surface area contributed by atoms with Gasteiger partial charge in [0.1, 0.15) is 0 Å². The lowest BCUT2D eigenvalue weighted by molar-refractivity contribution is 0.504. The molecule has 0 spiro atoms. The standard InChI is InChI=1S/C11H15Cl.C8H16.C2H5Br/c1-8(2)6-10-5-4-9(3)7-11(10)12;1-2-4-6-8-7-5-3-1;1-2-3/h4-5,7-8H,6H2,1-3H3;1-8H2;2H2,1H3. The van der Waals surface area contributed by atoms with E-state index in [0.29, 0.717) is 5.92 Å². The first-order valence-corrected chi connectivity index (χ1v) is 10.8. The van der Waals surface area contributed by atoms with Crippen molar-refractivity contribution in [2.45, 2.75) is 85.5 Å². The number of hydrogen-bond donors (Lipinski definition) is 0. The Morgan fingerprint density at radius 2 is 1.35 bits per heavy atom. The molecule has 0 nitrogen and oxygen atoms in total. The predicted octanol–water partition coefficient (Wildman–Crippen LogP) is 8.37. The van der Waals surface area contributed by atoms with Gasteiger partial charge in [-0.25, -0.2) is 0 Å². The Morgan fingerprint density at radius 1 is 0.957 bits per heavy atom. The molecule has 0 amide bonds. The summed E-state index contributed by atoms with van der Waals surface area (Å²) in [6.07, 6.45) is 13.1. The van der Waals surface area contributed by atoms with Crippen LogP contribution in [0.3, 0.4) is 0 Å². The molecular formula is C21H36BrCl. The number of alkyl halides is 1. The van der Waals surface area contributed by atoms with Crippen molar-refractivity contribution in [3.8, 4) is 0 Å². The van der Waals surface area contributed by atoms with Gasteiger partial charge in [0.2, 0.25) is 0 Å². The molecule has 1 aliphatic rings. The molecule has 0 aliphatic heterocycles. The molecule has 0 radical (unpaired) electrons. The Morgan fingerprint density at radius 3 is 1.65 bits per heavy atom. The highest BCUT2D eigenvalue weighted by Gasteiger charge is 2.02. The lowest BCUT2D eigenvalue weighted by atomic mass is 10.0. The number of benzene rings is 1. The summed E-state index contributed by atoms with van der Waals surface area (Å²) in [5, 5.41) is 1.97. The maximum atomic E-state index is 6.07. The molecule has 0 atom stereocenters. The van der Waals surface area contributed by atoms with Crippen molar-refractivity contribution in [1.29, 1.82) is 0 Å². The first-order valence-electron chi connectivity index (χ1n) is 9.32. The van der Waals surface area contributed by atoms with Crippen LogP contribution in [0, 0.1) is 12.8 Å². The summed E-state index contributed by atoms with van der Waals surface area (Å²) in [6, 6.07) is 6.26. The Kier molecular flexibility index (Phi) is 15.5. The van der Waals surface area contributed by atoms with Crippen LogP contribution in [-0.2, 0) is 6.42 Å². The fourth-order valence-corrected chi connectivity index (χ4v) is 2.98. The average Bonchev–Trinajstić information content (AvgIpc) is 2.42. The van der Waals surface area contributed by atoms with E-state index in [0.717, 1.165) is 16.8 Å². The molecule has 2 rings (SSSR count). The lowest BCUT2D eigenvalue weighted by Gasteiger charge is -2.07. The first-order chi connectivity index (χ1) is 11.0. The highest BCUT2D eigenvalue weighted by Crippen LogP contribution is 2.20. The molecule has 0 unspecified atom stereocenters. The van der Waals surface area contributed by atoms with Crippen molar-refractivity contribution in [2.75, 3.05) is 5.33 Å². The zero-order chi connectivity index (χ0) is 17.5. The van der Waals surface area contributed by atoms with Crippen LogP contribution in [0.15, 0.2) is 18.2 Å². The second kappa shape index (κ2) is 15.5. The Balaban J connectivity index is 0.000000379. The fraction of sp³-hybridized carbons (Fsp3) is 0.714. The Bertz CT molecular complexity index is 363. The van der Waals surface area contributed by atoms with Gasteiger partial charge in [-0.05, 0) is 36.5 Å². The Labute approximate surface area is 158 Å². The summed E-state index contributed by atoms with van der Waals surface area (Å²) in [4.78, 5) is 0. The van der Waals surface area contributed by atoms with E-state index in [2.05, 4.69) is 48.8 Å². The summed E-state index contributed by atoms with van der Waals surface area (Å²) in [5.74, 6) is 0.671. The maximum Gasteiger partial charge on any atom is 0.0440 e. The smallest absolute Gasteiger partial charge is 0.0440 e. The van der Waals surface area contributed by atoms with Crippen molar-refractivity contribution in [3.05, 3.63) is 34.3 Å². The van der Waals surface area contributed by atoms with Crippen LogP contribution in [0.25, 0.3) is 0 Å². The van der Waals surface area contributed by atoms with Gasteiger partial charge in [0.05, 0.1) is 0 Å². The quantitative estimate of drug-likeness (QED) is 0.435. The molecule has 0 heterocycles. The van der Waals surface area contributed by atoms with Gasteiger partial charge < -0.3 is 0 Å². The summed E-state index contributed by atoms with van der Waals surface area (Å²) < 4.78 is 0. The highest BCUT2D eigenvalue weighted by molar-refractivity contribution is 9.09. The van der Waals surface area contributed by atoms with Crippen LogP contribution < -0.4 is 0 Å². The van der Waals surface area contributed by atoms with Crippen LogP contribution >= 0.6 is 27.5 Å². The van der Waals surface area contributed by atoms with Crippen LogP contribution in [0.2, 0.25) is 5.02 Å². The van der Waals surface area contributed by atoms with Gasteiger partial charge in [-0.2, -0.15) is 0 Å². The molecular weight excluding hydrogens is 368 g/mol. The summed E-state index contributed by atoms with van der Waals surface area (Å²) in [7, 11) is 0. The largest absolute Gasteiger partial charge is 0.0931 e. The molecule has 23 heavy (non-hydrogen) atoms. The van der Waals surface area contributed by atoms with E-state index in [1.54, 1.807) is 0 Å². The predicted molar refractivity (Wildman–Crippen MR) is 111 cm³/mol. The number of rotatable bonds is 2. The molecule has 2 heteroatoms. The molecule has 1 saturated carbocycles.